The van der Waals surface area contributed by atoms with E-state index in [0.29, 0.717) is 11.5 Å². The zero-order valence-corrected chi connectivity index (χ0v) is 7.84. The van der Waals surface area contributed by atoms with Gasteiger partial charge in [0.1, 0.15) is 5.82 Å². The third-order valence-corrected chi connectivity index (χ3v) is 2.93. The predicted octanol–water partition coefficient (Wildman–Crippen LogP) is 2.36. The van der Waals surface area contributed by atoms with Gasteiger partial charge in [-0.2, -0.15) is 0 Å². The standard InChI is InChI=1S/C11H13FO/c1-7-5-9(3-4-10(7)12)11(13)6-8(11)2/h3-5,8,13H,6H2,1-2H3. The number of halogens is 1. The minimum absolute atomic E-state index is 0.208. The summed E-state index contributed by atoms with van der Waals surface area (Å²) in [6, 6.07) is 4.83. The van der Waals surface area contributed by atoms with Gasteiger partial charge in [0.2, 0.25) is 0 Å². The van der Waals surface area contributed by atoms with Crippen LogP contribution in [0.5, 0.6) is 0 Å². The second-order valence-corrected chi connectivity index (χ2v) is 3.99. The SMILES string of the molecule is Cc1cc(C2(O)CC2C)ccc1F. The Morgan fingerprint density at radius 1 is 1.54 bits per heavy atom. The molecule has 2 atom stereocenters. The van der Waals surface area contributed by atoms with Crippen LogP contribution in [0.4, 0.5) is 4.39 Å². The second kappa shape index (κ2) is 2.55. The molecule has 0 spiro atoms. The van der Waals surface area contributed by atoms with E-state index in [-0.39, 0.29) is 5.82 Å². The molecule has 1 aromatic rings. The van der Waals surface area contributed by atoms with Crippen LogP contribution in [0.1, 0.15) is 24.5 Å². The van der Waals surface area contributed by atoms with Crippen molar-refractivity contribution in [2.24, 2.45) is 5.92 Å². The van der Waals surface area contributed by atoms with E-state index in [2.05, 4.69) is 0 Å². The van der Waals surface area contributed by atoms with Crippen LogP contribution in [0.25, 0.3) is 0 Å². The number of rotatable bonds is 1. The van der Waals surface area contributed by atoms with Crippen LogP contribution in [0, 0.1) is 18.7 Å². The van der Waals surface area contributed by atoms with Gasteiger partial charge in [0.25, 0.3) is 0 Å². The highest BCUT2D eigenvalue weighted by Gasteiger charge is 2.50. The number of aryl methyl sites for hydroxylation is 1. The molecule has 1 fully saturated rings. The largest absolute Gasteiger partial charge is 0.385 e. The molecule has 1 nitrogen and oxygen atoms in total. The Labute approximate surface area is 77.2 Å². The maximum absolute atomic E-state index is 12.9. The van der Waals surface area contributed by atoms with Gasteiger partial charge in [0.05, 0.1) is 5.60 Å². The molecule has 1 N–H and O–H groups in total. The fourth-order valence-corrected chi connectivity index (χ4v) is 1.72. The smallest absolute Gasteiger partial charge is 0.126 e. The first-order valence-corrected chi connectivity index (χ1v) is 4.53. The van der Waals surface area contributed by atoms with Crippen molar-refractivity contribution in [3.05, 3.63) is 35.1 Å². The van der Waals surface area contributed by atoms with E-state index in [1.165, 1.54) is 6.07 Å². The van der Waals surface area contributed by atoms with Crippen LogP contribution in [-0.2, 0) is 5.60 Å². The van der Waals surface area contributed by atoms with E-state index in [1.54, 1.807) is 19.1 Å². The van der Waals surface area contributed by atoms with Crippen LogP contribution >= 0.6 is 0 Å². The zero-order chi connectivity index (χ0) is 9.64. The summed E-state index contributed by atoms with van der Waals surface area (Å²) in [5.41, 5.74) is 0.766. The minimum atomic E-state index is -0.682. The maximum atomic E-state index is 12.9. The summed E-state index contributed by atoms with van der Waals surface area (Å²) in [6.45, 7) is 3.72. The summed E-state index contributed by atoms with van der Waals surface area (Å²) in [6.07, 6.45) is 0.790. The maximum Gasteiger partial charge on any atom is 0.126 e. The van der Waals surface area contributed by atoms with Crippen molar-refractivity contribution in [3.8, 4) is 0 Å². The molecule has 2 heteroatoms. The second-order valence-electron chi connectivity index (χ2n) is 3.99. The first kappa shape index (κ1) is 8.70. The topological polar surface area (TPSA) is 20.2 Å². The van der Waals surface area contributed by atoms with Crippen LogP contribution < -0.4 is 0 Å². The van der Waals surface area contributed by atoms with Gasteiger partial charge in [-0.15, -0.1) is 0 Å². The average molecular weight is 180 g/mol. The summed E-state index contributed by atoms with van der Waals surface area (Å²) in [5.74, 6) is 0.0954. The molecule has 0 aromatic heterocycles. The summed E-state index contributed by atoms with van der Waals surface area (Å²) < 4.78 is 12.9. The van der Waals surface area contributed by atoms with Gasteiger partial charge in [-0.3, -0.25) is 0 Å². The molecule has 70 valence electrons. The van der Waals surface area contributed by atoms with E-state index in [0.717, 1.165) is 12.0 Å². The molecule has 1 saturated carbocycles. The minimum Gasteiger partial charge on any atom is -0.385 e. The highest BCUT2D eigenvalue weighted by Crippen LogP contribution is 2.51. The van der Waals surface area contributed by atoms with Crippen LogP contribution in [0.15, 0.2) is 18.2 Å². The van der Waals surface area contributed by atoms with Crippen molar-refractivity contribution in [2.45, 2.75) is 25.9 Å². The van der Waals surface area contributed by atoms with Gasteiger partial charge in [-0.1, -0.05) is 19.1 Å². The average Bonchev–Trinajstić information content (AvgIpc) is 2.67. The molecule has 1 aromatic carbocycles. The molecule has 0 bridgehead atoms. The fourth-order valence-electron chi connectivity index (χ4n) is 1.72. The van der Waals surface area contributed by atoms with E-state index >= 15 is 0 Å². The normalized spacial score (nSPS) is 31.8. The number of hydrogen-bond donors (Lipinski definition) is 1. The Morgan fingerprint density at radius 3 is 2.62 bits per heavy atom. The lowest BCUT2D eigenvalue weighted by Gasteiger charge is -2.10. The van der Waals surface area contributed by atoms with Crippen molar-refractivity contribution in [2.75, 3.05) is 0 Å². The summed E-state index contributed by atoms with van der Waals surface area (Å²) in [7, 11) is 0. The van der Waals surface area contributed by atoms with E-state index < -0.39 is 5.60 Å². The highest BCUT2D eigenvalue weighted by molar-refractivity contribution is 5.33. The van der Waals surface area contributed by atoms with Gasteiger partial charge in [0, 0.05) is 0 Å². The van der Waals surface area contributed by atoms with Gasteiger partial charge in [-0.25, -0.2) is 4.39 Å². The molecule has 1 aliphatic carbocycles. The van der Waals surface area contributed by atoms with Crippen LogP contribution in [-0.4, -0.2) is 5.11 Å². The first-order chi connectivity index (χ1) is 6.04. The first-order valence-electron chi connectivity index (χ1n) is 4.53. The lowest BCUT2D eigenvalue weighted by atomic mass is 10.0. The quantitative estimate of drug-likeness (QED) is 0.703. The summed E-state index contributed by atoms with van der Waals surface area (Å²) in [4.78, 5) is 0. The molecule has 0 radical (unpaired) electrons. The van der Waals surface area contributed by atoms with Crippen LogP contribution in [0.2, 0.25) is 0 Å². The Morgan fingerprint density at radius 2 is 2.15 bits per heavy atom. The molecule has 0 aliphatic heterocycles. The van der Waals surface area contributed by atoms with Crippen molar-refractivity contribution >= 4 is 0 Å². The van der Waals surface area contributed by atoms with Crippen molar-refractivity contribution in [1.82, 2.24) is 0 Å². The third kappa shape index (κ3) is 1.25. The molecule has 2 unspecified atom stereocenters. The zero-order valence-electron chi connectivity index (χ0n) is 7.84. The highest BCUT2D eigenvalue weighted by atomic mass is 19.1. The number of aliphatic hydroxyl groups is 1. The van der Waals surface area contributed by atoms with Crippen LogP contribution in [0.3, 0.4) is 0 Å². The van der Waals surface area contributed by atoms with Gasteiger partial charge >= 0.3 is 0 Å². The van der Waals surface area contributed by atoms with E-state index in [4.69, 9.17) is 0 Å². The molecule has 2 rings (SSSR count). The Balaban J connectivity index is 2.38. The van der Waals surface area contributed by atoms with E-state index in [1.807, 2.05) is 6.92 Å². The Bertz CT molecular complexity index is 348. The lowest BCUT2D eigenvalue weighted by Crippen LogP contribution is -2.07. The molecular weight excluding hydrogens is 167 g/mol. The predicted molar refractivity (Wildman–Crippen MR) is 48.8 cm³/mol. The summed E-state index contributed by atoms with van der Waals surface area (Å²) >= 11 is 0. The van der Waals surface area contributed by atoms with Crippen molar-refractivity contribution < 1.29 is 9.50 Å². The summed E-state index contributed by atoms with van der Waals surface area (Å²) in [5, 5.41) is 9.96. The Hall–Kier alpha value is -0.890. The molecule has 1 aliphatic rings. The van der Waals surface area contributed by atoms with E-state index in [9.17, 15) is 9.50 Å². The fraction of sp³-hybridized carbons (Fsp3) is 0.455. The molecule has 0 heterocycles. The van der Waals surface area contributed by atoms with Crippen molar-refractivity contribution in [3.63, 3.8) is 0 Å². The van der Waals surface area contributed by atoms with Gasteiger partial charge < -0.3 is 5.11 Å². The number of benzene rings is 1. The third-order valence-electron chi connectivity index (χ3n) is 2.93. The van der Waals surface area contributed by atoms with Crippen molar-refractivity contribution in [1.29, 1.82) is 0 Å². The number of hydrogen-bond acceptors (Lipinski definition) is 1. The molecule has 13 heavy (non-hydrogen) atoms. The Kier molecular flexibility index (Phi) is 1.70. The monoisotopic (exact) mass is 180 g/mol. The van der Waals surface area contributed by atoms with Gasteiger partial charge in [0.15, 0.2) is 0 Å². The van der Waals surface area contributed by atoms with Gasteiger partial charge in [-0.05, 0) is 36.5 Å². The molecule has 0 saturated heterocycles. The lowest BCUT2D eigenvalue weighted by molar-refractivity contribution is 0.134. The molecular formula is C11H13FO. The molecule has 0 amide bonds.